The average molecular weight is 404 g/mol. The van der Waals surface area contributed by atoms with Crippen molar-refractivity contribution >= 4 is 5.97 Å². The third-order valence-electron chi connectivity index (χ3n) is 5.18. The number of nitrogens with zero attached hydrogens (tertiary/aromatic N) is 2. The Bertz CT molecular complexity index is 983. The fourth-order valence-electron chi connectivity index (χ4n) is 3.89. The van der Waals surface area contributed by atoms with Gasteiger partial charge < -0.3 is 14.5 Å². The maximum absolute atomic E-state index is 10.9. The van der Waals surface area contributed by atoms with E-state index in [-0.39, 0.29) is 36.0 Å². The smallest absolute Gasteiger partial charge is 0.550 e. The van der Waals surface area contributed by atoms with Crippen LogP contribution in [0.2, 0.25) is 0 Å². The summed E-state index contributed by atoms with van der Waals surface area (Å²) in [5.74, 6) is -1.07. The SMILES string of the molecule is O=C([O-])CCc1cn(C(c2ccccc2)(c2ccccc2)c2ccccc2)cn1.[Na+]. The van der Waals surface area contributed by atoms with E-state index in [0.29, 0.717) is 6.42 Å². The number of carboxylic acid groups (broad SMARTS) is 1. The summed E-state index contributed by atoms with van der Waals surface area (Å²) in [5.41, 5.74) is 3.39. The summed E-state index contributed by atoms with van der Waals surface area (Å²) in [4.78, 5) is 15.4. The third-order valence-corrected chi connectivity index (χ3v) is 5.18. The molecular weight excluding hydrogens is 383 g/mol. The van der Waals surface area contributed by atoms with Gasteiger partial charge in [-0.1, -0.05) is 91.0 Å². The Hall–Kier alpha value is -2.66. The van der Waals surface area contributed by atoms with E-state index in [1.54, 1.807) is 6.33 Å². The summed E-state index contributed by atoms with van der Waals surface area (Å²) >= 11 is 0. The Morgan fingerprint density at radius 3 is 1.63 bits per heavy atom. The summed E-state index contributed by atoms with van der Waals surface area (Å²) in [6.45, 7) is 0. The first kappa shape index (κ1) is 22.0. The van der Waals surface area contributed by atoms with Crippen molar-refractivity contribution in [1.82, 2.24) is 9.55 Å². The van der Waals surface area contributed by atoms with E-state index in [0.717, 1.165) is 22.4 Å². The zero-order valence-electron chi connectivity index (χ0n) is 16.9. The number of benzene rings is 3. The molecule has 4 rings (SSSR count). The first-order chi connectivity index (χ1) is 14.2. The molecule has 0 saturated heterocycles. The van der Waals surface area contributed by atoms with Gasteiger partial charge in [-0.25, -0.2) is 4.98 Å². The molecule has 3 aromatic carbocycles. The number of aliphatic carboxylic acids is 1. The first-order valence-corrected chi connectivity index (χ1v) is 9.61. The molecule has 4 aromatic rings. The van der Waals surface area contributed by atoms with E-state index in [1.165, 1.54) is 0 Å². The third kappa shape index (κ3) is 4.26. The minimum Gasteiger partial charge on any atom is -0.550 e. The van der Waals surface area contributed by atoms with E-state index < -0.39 is 11.5 Å². The van der Waals surface area contributed by atoms with Gasteiger partial charge in [0.25, 0.3) is 0 Å². The minimum absolute atomic E-state index is 0. The van der Waals surface area contributed by atoms with Crippen LogP contribution in [0.25, 0.3) is 0 Å². The van der Waals surface area contributed by atoms with Crippen LogP contribution in [0.3, 0.4) is 0 Å². The number of imidazole rings is 1. The maximum atomic E-state index is 10.9. The van der Waals surface area contributed by atoms with Crippen LogP contribution >= 0.6 is 0 Å². The number of carbonyl (C=O) groups is 1. The Morgan fingerprint density at radius 1 is 0.800 bits per heavy atom. The van der Waals surface area contributed by atoms with Crippen LogP contribution in [0.1, 0.15) is 28.8 Å². The number of hydrogen-bond acceptors (Lipinski definition) is 3. The molecule has 0 amide bonds. The van der Waals surface area contributed by atoms with Crippen molar-refractivity contribution in [3.63, 3.8) is 0 Å². The average Bonchev–Trinajstić information content (AvgIpc) is 3.24. The Balaban J connectivity index is 0.00000256. The standard InChI is InChI=1S/C25H22N2O2.Na/c28-24(29)17-16-23-18-27(19-26-23)25(20-10-4-1-5-11-20,21-12-6-2-7-13-21)22-14-8-3-9-15-22;/h1-15,18-19H,16-17H2,(H,28,29);/q;+1/p-1. The monoisotopic (exact) mass is 404 g/mol. The molecule has 0 bridgehead atoms. The van der Waals surface area contributed by atoms with Crippen molar-refractivity contribution in [2.45, 2.75) is 18.4 Å². The molecule has 0 aliphatic carbocycles. The first-order valence-electron chi connectivity index (χ1n) is 9.61. The van der Waals surface area contributed by atoms with E-state index in [1.807, 2.05) is 60.8 Å². The van der Waals surface area contributed by atoms with Crippen LogP contribution in [0, 0.1) is 0 Å². The summed E-state index contributed by atoms with van der Waals surface area (Å²) < 4.78 is 2.08. The summed E-state index contributed by atoms with van der Waals surface area (Å²) in [7, 11) is 0. The van der Waals surface area contributed by atoms with Crippen molar-refractivity contribution < 1.29 is 39.5 Å². The molecule has 5 heteroatoms. The molecule has 0 atom stereocenters. The molecule has 0 saturated carbocycles. The molecule has 30 heavy (non-hydrogen) atoms. The predicted octanol–water partition coefficient (Wildman–Crippen LogP) is 0.410. The summed E-state index contributed by atoms with van der Waals surface area (Å²) in [5, 5.41) is 10.9. The molecule has 0 radical (unpaired) electrons. The van der Waals surface area contributed by atoms with Crippen molar-refractivity contribution in [2.24, 2.45) is 0 Å². The van der Waals surface area contributed by atoms with Gasteiger partial charge in [0, 0.05) is 12.2 Å². The Labute approximate surface area is 198 Å². The van der Waals surface area contributed by atoms with E-state index in [4.69, 9.17) is 0 Å². The number of aryl methyl sites for hydroxylation is 1. The second-order valence-electron chi connectivity index (χ2n) is 6.95. The fraction of sp³-hybridized carbons (Fsp3) is 0.120. The molecule has 0 unspecified atom stereocenters. The predicted molar refractivity (Wildman–Crippen MR) is 110 cm³/mol. The number of hydrogen-bond donors (Lipinski definition) is 0. The number of rotatable bonds is 7. The van der Waals surface area contributed by atoms with E-state index in [9.17, 15) is 9.90 Å². The second kappa shape index (κ2) is 9.90. The van der Waals surface area contributed by atoms with Gasteiger partial charge in [0.05, 0.1) is 12.0 Å². The van der Waals surface area contributed by atoms with E-state index in [2.05, 4.69) is 45.9 Å². The van der Waals surface area contributed by atoms with Gasteiger partial charge in [0.2, 0.25) is 0 Å². The molecule has 0 spiro atoms. The zero-order chi connectivity index (χ0) is 20.1. The van der Waals surface area contributed by atoms with Gasteiger partial charge in [-0.15, -0.1) is 0 Å². The molecule has 0 N–H and O–H groups in total. The summed E-state index contributed by atoms with van der Waals surface area (Å²) in [6.07, 6.45) is 4.02. The number of carbonyl (C=O) groups excluding carboxylic acids is 1. The van der Waals surface area contributed by atoms with Crippen LogP contribution in [0.15, 0.2) is 104 Å². The fourth-order valence-corrected chi connectivity index (χ4v) is 3.89. The van der Waals surface area contributed by atoms with Crippen molar-refractivity contribution in [1.29, 1.82) is 0 Å². The second-order valence-corrected chi connectivity index (χ2v) is 6.95. The van der Waals surface area contributed by atoms with Gasteiger partial charge in [0.15, 0.2) is 0 Å². The van der Waals surface area contributed by atoms with Crippen LogP contribution in [0.4, 0.5) is 0 Å². The molecule has 0 aliphatic heterocycles. The summed E-state index contributed by atoms with van der Waals surface area (Å²) in [6, 6.07) is 30.9. The Morgan fingerprint density at radius 2 is 1.23 bits per heavy atom. The molecule has 0 aliphatic rings. The number of aromatic nitrogens is 2. The topological polar surface area (TPSA) is 57.9 Å². The van der Waals surface area contributed by atoms with Crippen molar-refractivity contribution in [2.75, 3.05) is 0 Å². The van der Waals surface area contributed by atoms with Gasteiger partial charge in [-0.2, -0.15) is 0 Å². The van der Waals surface area contributed by atoms with Crippen molar-refractivity contribution in [3.8, 4) is 0 Å². The van der Waals surface area contributed by atoms with Crippen LogP contribution < -0.4 is 34.7 Å². The molecule has 1 aromatic heterocycles. The van der Waals surface area contributed by atoms with E-state index >= 15 is 0 Å². The quantitative estimate of drug-likeness (QED) is 0.331. The largest absolute Gasteiger partial charge is 1.00 e. The van der Waals surface area contributed by atoms with Gasteiger partial charge >= 0.3 is 29.6 Å². The molecule has 1 heterocycles. The van der Waals surface area contributed by atoms with Gasteiger partial charge in [-0.05, 0) is 29.5 Å². The van der Waals surface area contributed by atoms with Crippen LogP contribution in [0.5, 0.6) is 0 Å². The maximum Gasteiger partial charge on any atom is 1.00 e. The number of carboxylic acids is 1. The van der Waals surface area contributed by atoms with Crippen LogP contribution in [-0.2, 0) is 16.8 Å². The zero-order valence-corrected chi connectivity index (χ0v) is 18.9. The van der Waals surface area contributed by atoms with Gasteiger partial charge in [-0.3, -0.25) is 0 Å². The van der Waals surface area contributed by atoms with Gasteiger partial charge in [0.1, 0.15) is 5.54 Å². The van der Waals surface area contributed by atoms with Crippen molar-refractivity contribution in [3.05, 3.63) is 126 Å². The molecular formula is C25H21N2NaO2. The molecule has 144 valence electrons. The minimum atomic E-state index is -1.07. The van der Waals surface area contributed by atoms with Crippen LogP contribution in [-0.4, -0.2) is 15.5 Å². The molecule has 4 nitrogen and oxygen atoms in total. The normalized spacial score (nSPS) is 10.9. The Kier molecular flexibility index (Phi) is 7.27. The molecule has 0 fully saturated rings.